The first-order chi connectivity index (χ1) is 8.22. The van der Waals surface area contributed by atoms with Gasteiger partial charge in [0.2, 0.25) is 0 Å². The second-order valence-electron chi connectivity index (χ2n) is 4.13. The number of aromatic nitrogens is 2. The van der Waals surface area contributed by atoms with Gasteiger partial charge in [0.1, 0.15) is 0 Å². The molecule has 0 amide bonds. The molecule has 6 heteroatoms. The number of piperidine rings is 1. The van der Waals surface area contributed by atoms with Gasteiger partial charge in [0.15, 0.2) is 10.3 Å². The molecule has 2 heterocycles. The Kier molecular flexibility index (Phi) is 4.42. The average molecular weight is 275 g/mol. The Morgan fingerprint density at radius 2 is 2.29 bits per heavy atom. The van der Waals surface area contributed by atoms with Crippen LogP contribution in [0.3, 0.4) is 0 Å². The predicted molar refractivity (Wildman–Crippen MR) is 71.0 cm³/mol. The van der Waals surface area contributed by atoms with Crippen LogP contribution in [0, 0.1) is 0 Å². The lowest BCUT2D eigenvalue weighted by Gasteiger charge is -2.35. The average Bonchev–Trinajstić information content (AvgIpc) is 2.36. The third-order valence-electron chi connectivity index (χ3n) is 3.06. The van der Waals surface area contributed by atoms with Gasteiger partial charge in [-0.1, -0.05) is 23.2 Å². The zero-order chi connectivity index (χ0) is 12.3. The minimum absolute atomic E-state index is 0.381. The molecule has 0 bridgehead atoms. The van der Waals surface area contributed by atoms with Crippen LogP contribution in [0.15, 0.2) is 6.07 Å². The van der Waals surface area contributed by atoms with Gasteiger partial charge in [0.05, 0.1) is 5.69 Å². The minimum Gasteiger partial charge on any atom is -0.365 e. The van der Waals surface area contributed by atoms with Crippen LogP contribution in [-0.2, 0) is 0 Å². The third-order valence-corrected chi connectivity index (χ3v) is 3.52. The van der Waals surface area contributed by atoms with E-state index in [0.29, 0.717) is 16.3 Å². The van der Waals surface area contributed by atoms with Crippen LogP contribution >= 0.6 is 23.2 Å². The summed E-state index contributed by atoms with van der Waals surface area (Å²) in [4.78, 5) is 2.25. The number of rotatable bonds is 3. The summed E-state index contributed by atoms with van der Waals surface area (Å²) in [7, 11) is 0. The molecular formula is C11H16Cl2N4. The lowest BCUT2D eigenvalue weighted by atomic mass is 10.1. The summed E-state index contributed by atoms with van der Waals surface area (Å²) in [5.74, 6) is 0. The Morgan fingerprint density at radius 1 is 1.47 bits per heavy atom. The SMILES string of the molecule is CCN(c1cc(Cl)nnc1Cl)C1CCCNC1. The number of nitrogens with one attached hydrogen (secondary N) is 1. The van der Waals surface area contributed by atoms with Crippen molar-refractivity contribution in [1.29, 1.82) is 0 Å². The summed E-state index contributed by atoms with van der Waals surface area (Å²) in [5, 5.41) is 11.8. The van der Waals surface area contributed by atoms with Crippen molar-refractivity contribution in [1.82, 2.24) is 15.5 Å². The topological polar surface area (TPSA) is 41.1 Å². The fraction of sp³-hybridized carbons (Fsp3) is 0.636. The summed E-state index contributed by atoms with van der Waals surface area (Å²) in [5.41, 5.74) is 0.878. The molecule has 2 rings (SSSR count). The molecule has 0 radical (unpaired) electrons. The van der Waals surface area contributed by atoms with Crippen molar-refractivity contribution in [2.24, 2.45) is 0 Å². The van der Waals surface area contributed by atoms with E-state index in [1.54, 1.807) is 6.07 Å². The lowest BCUT2D eigenvalue weighted by Crippen LogP contribution is -2.46. The molecule has 0 saturated carbocycles. The van der Waals surface area contributed by atoms with Crippen LogP contribution in [0.25, 0.3) is 0 Å². The fourth-order valence-electron chi connectivity index (χ4n) is 2.27. The first kappa shape index (κ1) is 12.9. The van der Waals surface area contributed by atoms with Crippen molar-refractivity contribution >= 4 is 28.9 Å². The highest BCUT2D eigenvalue weighted by Gasteiger charge is 2.22. The molecule has 1 aliphatic rings. The lowest BCUT2D eigenvalue weighted by molar-refractivity contribution is 0.435. The van der Waals surface area contributed by atoms with Crippen molar-refractivity contribution in [3.05, 3.63) is 16.4 Å². The third kappa shape index (κ3) is 3.00. The molecule has 4 nitrogen and oxygen atoms in total. The quantitative estimate of drug-likeness (QED) is 0.919. The molecule has 1 fully saturated rings. The van der Waals surface area contributed by atoms with E-state index in [2.05, 4.69) is 27.3 Å². The number of halogens is 2. The van der Waals surface area contributed by atoms with E-state index in [1.807, 2.05) is 0 Å². The van der Waals surface area contributed by atoms with Crippen molar-refractivity contribution in [3.63, 3.8) is 0 Å². The van der Waals surface area contributed by atoms with Crippen molar-refractivity contribution in [2.45, 2.75) is 25.8 Å². The Balaban J connectivity index is 2.24. The highest BCUT2D eigenvalue weighted by molar-refractivity contribution is 6.33. The zero-order valence-corrected chi connectivity index (χ0v) is 11.3. The van der Waals surface area contributed by atoms with Gasteiger partial charge in [-0.2, -0.15) is 0 Å². The molecule has 94 valence electrons. The van der Waals surface area contributed by atoms with Gasteiger partial charge in [-0.3, -0.25) is 0 Å². The van der Waals surface area contributed by atoms with Gasteiger partial charge >= 0.3 is 0 Å². The Bertz CT molecular complexity index is 380. The molecule has 1 unspecified atom stereocenters. The maximum absolute atomic E-state index is 6.09. The molecule has 0 spiro atoms. The fourth-order valence-corrected chi connectivity index (χ4v) is 2.61. The van der Waals surface area contributed by atoms with Crippen molar-refractivity contribution < 1.29 is 0 Å². The molecule has 0 aliphatic carbocycles. The monoisotopic (exact) mass is 274 g/mol. The zero-order valence-electron chi connectivity index (χ0n) is 9.79. The van der Waals surface area contributed by atoms with E-state index >= 15 is 0 Å². The van der Waals surface area contributed by atoms with Crippen LogP contribution in [0.5, 0.6) is 0 Å². The molecular weight excluding hydrogens is 259 g/mol. The molecule has 17 heavy (non-hydrogen) atoms. The first-order valence-electron chi connectivity index (χ1n) is 5.88. The molecule has 1 saturated heterocycles. The van der Waals surface area contributed by atoms with Gasteiger partial charge in [0, 0.05) is 25.2 Å². The number of hydrogen-bond donors (Lipinski definition) is 1. The van der Waals surface area contributed by atoms with Gasteiger partial charge in [0.25, 0.3) is 0 Å². The highest BCUT2D eigenvalue weighted by atomic mass is 35.5. The second-order valence-corrected chi connectivity index (χ2v) is 4.87. The van der Waals surface area contributed by atoms with Crippen molar-refractivity contribution in [3.8, 4) is 0 Å². The normalized spacial score (nSPS) is 20.3. The Hall–Kier alpha value is -0.580. The minimum atomic E-state index is 0.381. The molecule has 1 aromatic heterocycles. The smallest absolute Gasteiger partial charge is 0.175 e. The van der Waals surface area contributed by atoms with Crippen LogP contribution in [-0.4, -0.2) is 35.9 Å². The second kappa shape index (κ2) is 5.85. The van der Waals surface area contributed by atoms with Gasteiger partial charge in [-0.15, -0.1) is 10.2 Å². The first-order valence-corrected chi connectivity index (χ1v) is 6.64. The van der Waals surface area contributed by atoms with Crippen LogP contribution in [0.2, 0.25) is 10.3 Å². The summed E-state index contributed by atoms with van der Waals surface area (Å²) < 4.78 is 0. The molecule has 1 atom stereocenters. The van der Waals surface area contributed by atoms with Crippen molar-refractivity contribution in [2.75, 3.05) is 24.5 Å². The molecule has 1 aliphatic heterocycles. The number of nitrogens with zero attached hydrogens (tertiary/aromatic N) is 3. The Labute approximate surface area is 111 Å². The number of hydrogen-bond acceptors (Lipinski definition) is 4. The van der Waals surface area contributed by atoms with Crippen LogP contribution in [0.1, 0.15) is 19.8 Å². The van der Waals surface area contributed by atoms with E-state index in [4.69, 9.17) is 23.2 Å². The maximum Gasteiger partial charge on any atom is 0.175 e. The standard InChI is InChI=1S/C11H16Cl2N4/c1-2-17(8-4-3-5-14-7-8)9-6-10(12)15-16-11(9)13/h6,8,14H,2-5,7H2,1H3. The molecule has 0 aromatic carbocycles. The summed E-state index contributed by atoms with van der Waals surface area (Å²) in [6.45, 7) is 5.06. The van der Waals surface area contributed by atoms with E-state index in [1.165, 1.54) is 6.42 Å². The van der Waals surface area contributed by atoms with Gasteiger partial charge < -0.3 is 10.2 Å². The molecule has 1 N–H and O–H groups in total. The van der Waals surface area contributed by atoms with E-state index < -0.39 is 0 Å². The largest absolute Gasteiger partial charge is 0.365 e. The maximum atomic E-state index is 6.09. The highest BCUT2D eigenvalue weighted by Crippen LogP contribution is 2.28. The Morgan fingerprint density at radius 3 is 2.94 bits per heavy atom. The summed E-state index contributed by atoms with van der Waals surface area (Å²) in [6, 6.07) is 2.24. The summed E-state index contributed by atoms with van der Waals surface area (Å²) >= 11 is 12.0. The predicted octanol–water partition coefficient (Wildman–Crippen LogP) is 2.36. The van der Waals surface area contributed by atoms with E-state index in [-0.39, 0.29) is 0 Å². The number of anilines is 1. The summed E-state index contributed by atoms with van der Waals surface area (Å²) in [6.07, 6.45) is 2.35. The van der Waals surface area contributed by atoms with Gasteiger partial charge in [-0.05, 0) is 26.3 Å². The van der Waals surface area contributed by atoms with Crippen LogP contribution < -0.4 is 10.2 Å². The van der Waals surface area contributed by atoms with E-state index in [9.17, 15) is 0 Å². The van der Waals surface area contributed by atoms with Gasteiger partial charge in [-0.25, -0.2) is 0 Å². The van der Waals surface area contributed by atoms with Crippen LogP contribution in [0.4, 0.5) is 5.69 Å². The van der Waals surface area contributed by atoms with E-state index in [0.717, 1.165) is 31.7 Å². The molecule has 1 aromatic rings. The number of likely N-dealkylation sites (N-methyl/N-ethyl adjacent to an activating group) is 1.